The average molecular weight is 304 g/mol. The first-order chi connectivity index (χ1) is 9.54. The highest BCUT2D eigenvalue weighted by Gasteiger charge is 2.34. The van der Waals surface area contributed by atoms with E-state index in [4.69, 9.17) is 11.6 Å². The number of ether oxygens (including phenoxy) is 1. The molecule has 1 fully saturated rings. The predicted octanol–water partition coefficient (Wildman–Crippen LogP) is 3.57. The summed E-state index contributed by atoms with van der Waals surface area (Å²) < 4.78 is 28.3. The van der Waals surface area contributed by atoms with Crippen molar-refractivity contribution in [2.45, 2.75) is 37.8 Å². The molecule has 6 heteroatoms. The predicted molar refractivity (Wildman–Crippen MR) is 72.5 cm³/mol. The van der Waals surface area contributed by atoms with Crippen molar-refractivity contribution in [3.8, 4) is 5.75 Å². The number of benzene rings is 1. The van der Waals surface area contributed by atoms with E-state index in [0.717, 1.165) is 25.7 Å². The number of carbonyl (C=O) groups excluding carboxylic acids is 1. The molecule has 0 bridgehead atoms. The van der Waals surface area contributed by atoms with Gasteiger partial charge in [-0.15, -0.1) is 11.6 Å². The van der Waals surface area contributed by atoms with Gasteiger partial charge in [-0.3, -0.25) is 4.79 Å². The Balaban J connectivity index is 2.02. The minimum absolute atomic E-state index is 0.0319. The molecule has 0 heterocycles. The fourth-order valence-corrected chi connectivity index (χ4v) is 2.78. The normalized spacial score (nSPS) is 17.2. The van der Waals surface area contributed by atoms with E-state index in [1.165, 1.54) is 24.3 Å². The molecule has 0 aromatic heterocycles. The van der Waals surface area contributed by atoms with Crippen LogP contribution < -0.4 is 10.1 Å². The second kappa shape index (κ2) is 6.39. The molecule has 0 saturated heterocycles. The number of hydrogen-bond donors (Lipinski definition) is 1. The second-order valence-corrected chi connectivity index (χ2v) is 5.25. The van der Waals surface area contributed by atoms with Crippen LogP contribution in [0.15, 0.2) is 24.3 Å². The Bertz CT molecular complexity index is 459. The Morgan fingerprint density at radius 3 is 2.40 bits per heavy atom. The number of hydrogen-bond acceptors (Lipinski definition) is 2. The fourth-order valence-electron chi connectivity index (χ4n) is 2.44. The van der Waals surface area contributed by atoms with Gasteiger partial charge in [-0.05, 0) is 37.1 Å². The summed E-state index contributed by atoms with van der Waals surface area (Å²) in [6, 6.07) is 5.63. The van der Waals surface area contributed by atoms with Crippen molar-refractivity contribution in [1.29, 1.82) is 0 Å². The van der Waals surface area contributed by atoms with Crippen molar-refractivity contribution in [1.82, 2.24) is 5.32 Å². The van der Waals surface area contributed by atoms with Gasteiger partial charge in [0, 0.05) is 11.4 Å². The smallest absolute Gasteiger partial charge is 0.387 e. The molecule has 0 aliphatic heterocycles. The minimum atomic E-state index is -2.87. The summed E-state index contributed by atoms with van der Waals surface area (Å²) in [6.45, 7) is -2.87. The summed E-state index contributed by atoms with van der Waals surface area (Å²) in [4.78, 5) is 12.1. The summed E-state index contributed by atoms with van der Waals surface area (Å²) in [5, 5.41) is 2.96. The Hall–Kier alpha value is -1.36. The van der Waals surface area contributed by atoms with Crippen LogP contribution in [0.5, 0.6) is 5.75 Å². The number of nitrogens with one attached hydrogen (secondary N) is 1. The van der Waals surface area contributed by atoms with Crippen molar-refractivity contribution in [2.75, 3.05) is 5.88 Å². The third-order valence-electron chi connectivity index (χ3n) is 3.54. The van der Waals surface area contributed by atoms with Gasteiger partial charge in [0.05, 0.1) is 5.54 Å². The lowest BCUT2D eigenvalue weighted by molar-refractivity contribution is -0.0498. The van der Waals surface area contributed by atoms with Gasteiger partial charge in [-0.1, -0.05) is 12.8 Å². The van der Waals surface area contributed by atoms with Gasteiger partial charge in [-0.25, -0.2) is 0 Å². The second-order valence-electron chi connectivity index (χ2n) is 4.98. The van der Waals surface area contributed by atoms with Crippen LogP contribution in [0.2, 0.25) is 0 Å². The quantitative estimate of drug-likeness (QED) is 0.845. The highest BCUT2D eigenvalue weighted by molar-refractivity contribution is 6.19. The van der Waals surface area contributed by atoms with E-state index in [1.807, 2.05) is 0 Å². The number of amides is 1. The highest BCUT2D eigenvalue weighted by atomic mass is 35.5. The molecule has 3 nitrogen and oxygen atoms in total. The summed E-state index contributed by atoms with van der Waals surface area (Å²) >= 11 is 5.96. The van der Waals surface area contributed by atoms with Crippen LogP contribution in [0.3, 0.4) is 0 Å². The SMILES string of the molecule is O=C(NC1(CCl)CCCC1)c1ccc(OC(F)F)cc1. The first kappa shape index (κ1) is 15.0. The highest BCUT2D eigenvalue weighted by Crippen LogP contribution is 2.31. The van der Waals surface area contributed by atoms with Crippen LogP contribution in [0, 0.1) is 0 Å². The van der Waals surface area contributed by atoms with Crippen LogP contribution in [0.1, 0.15) is 36.0 Å². The molecule has 20 heavy (non-hydrogen) atoms. The molecule has 2 rings (SSSR count). The molecule has 1 aromatic rings. The number of halogens is 3. The molecule has 1 aliphatic carbocycles. The molecule has 110 valence electrons. The lowest BCUT2D eigenvalue weighted by atomic mass is 9.99. The van der Waals surface area contributed by atoms with Gasteiger partial charge in [0.15, 0.2) is 0 Å². The maximum atomic E-state index is 12.1. The first-order valence-corrected chi connectivity index (χ1v) is 7.01. The molecule has 1 amide bonds. The summed E-state index contributed by atoms with van der Waals surface area (Å²) in [7, 11) is 0. The van der Waals surface area contributed by atoms with Gasteiger partial charge >= 0.3 is 6.61 Å². The fraction of sp³-hybridized carbons (Fsp3) is 0.500. The molecule has 1 saturated carbocycles. The molecule has 1 N–H and O–H groups in total. The van der Waals surface area contributed by atoms with Crippen LogP contribution >= 0.6 is 11.6 Å². The zero-order chi connectivity index (χ0) is 14.6. The van der Waals surface area contributed by atoms with E-state index in [9.17, 15) is 13.6 Å². The third kappa shape index (κ3) is 3.60. The van der Waals surface area contributed by atoms with E-state index in [2.05, 4.69) is 10.1 Å². The Kier molecular flexibility index (Phi) is 4.81. The Labute approximate surface area is 121 Å². The van der Waals surface area contributed by atoms with Gasteiger partial charge in [0.1, 0.15) is 5.75 Å². The molecule has 0 unspecified atom stereocenters. The van der Waals surface area contributed by atoms with E-state index in [-0.39, 0.29) is 17.2 Å². The largest absolute Gasteiger partial charge is 0.435 e. The molecular weight excluding hydrogens is 288 g/mol. The molecular formula is C14H16ClF2NO2. The molecule has 0 atom stereocenters. The monoisotopic (exact) mass is 303 g/mol. The van der Waals surface area contributed by atoms with E-state index in [1.54, 1.807) is 0 Å². The first-order valence-electron chi connectivity index (χ1n) is 6.48. The topological polar surface area (TPSA) is 38.3 Å². The zero-order valence-electron chi connectivity index (χ0n) is 10.9. The molecule has 0 spiro atoms. The van der Waals surface area contributed by atoms with Crippen LogP contribution in [-0.4, -0.2) is 23.9 Å². The van der Waals surface area contributed by atoms with Gasteiger partial charge in [0.25, 0.3) is 5.91 Å². The lowest BCUT2D eigenvalue weighted by Gasteiger charge is -2.27. The Morgan fingerprint density at radius 2 is 1.90 bits per heavy atom. The third-order valence-corrected chi connectivity index (χ3v) is 4.05. The average Bonchev–Trinajstić information content (AvgIpc) is 2.88. The van der Waals surface area contributed by atoms with Crippen molar-refractivity contribution < 1.29 is 18.3 Å². The number of carbonyl (C=O) groups is 1. The molecule has 0 radical (unpaired) electrons. The van der Waals surface area contributed by atoms with E-state index < -0.39 is 6.61 Å². The van der Waals surface area contributed by atoms with Crippen LogP contribution in [0.25, 0.3) is 0 Å². The zero-order valence-corrected chi connectivity index (χ0v) is 11.6. The van der Waals surface area contributed by atoms with Crippen molar-refractivity contribution in [2.24, 2.45) is 0 Å². The number of alkyl halides is 3. The van der Waals surface area contributed by atoms with Crippen LogP contribution in [0.4, 0.5) is 8.78 Å². The maximum Gasteiger partial charge on any atom is 0.387 e. The number of rotatable bonds is 5. The van der Waals surface area contributed by atoms with Crippen LogP contribution in [-0.2, 0) is 0 Å². The molecule has 1 aromatic carbocycles. The minimum Gasteiger partial charge on any atom is -0.435 e. The standard InChI is InChI=1S/C14H16ClF2NO2/c15-9-14(7-1-2-8-14)18-12(19)10-3-5-11(6-4-10)20-13(16)17/h3-6,13H,1-2,7-9H2,(H,18,19). The summed E-state index contributed by atoms with van der Waals surface area (Å²) in [5.41, 5.74) is 0.0690. The van der Waals surface area contributed by atoms with Gasteiger partial charge < -0.3 is 10.1 Å². The van der Waals surface area contributed by atoms with Crippen molar-refractivity contribution in [3.63, 3.8) is 0 Å². The Morgan fingerprint density at radius 1 is 1.30 bits per heavy atom. The molecule has 1 aliphatic rings. The van der Waals surface area contributed by atoms with Crippen molar-refractivity contribution >= 4 is 17.5 Å². The lowest BCUT2D eigenvalue weighted by Crippen LogP contribution is -2.47. The maximum absolute atomic E-state index is 12.1. The van der Waals surface area contributed by atoms with Gasteiger partial charge in [0.2, 0.25) is 0 Å². The van der Waals surface area contributed by atoms with E-state index >= 15 is 0 Å². The van der Waals surface area contributed by atoms with Crippen molar-refractivity contribution in [3.05, 3.63) is 29.8 Å². The summed E-state index contributed by atoms with van der Waals surface area (Å²) in [5.74, 6) is 0.173. The summed E-state index contributed by atoms with van der Waals surface area (Å²) in [6.07, 6.45) is 3.84. The van der Waals surface area contributed by atoms with Gasteiger partial charge in [-0.2, -0.15) is 8.78 Å². The van der Waals surface area contributed by atoms with E-state index in [0.29, 0.717) is 11.4 Å².